The fraction of sp³-hybridized carbons (Fsp3) is 0.389. The highest BCUT2D eigenvalue weighted by molar-refractivity contribution is 7.10. The highest BCUT2D eigenvalue weighted by atomic mass is 32.1. The predicted molar refractivity (Wildman–Crippen MR) is 103 cm³/mol. The predicted octanol–water partition coefficient (Wildman–Crippen LogP) is 3.53. The van der Waals surface area contributed by atoms with Crippen molar-refractivity contribution < 1.29 is 9.72 Å². The smallest absolute Gasteiger partial charge is 0.319 e. The lowest BCUT2D eigenvalue weighted by Gasteiger charge is -2.32. The minimum atomic E-state index is -0.432. The first-order valence-electron chi connectivity index (χ1n) is 8.53. The number of hydrogen-bond acceptors (Lipinski definition) is 5. The number of anilines is 1. The molecule has 0 radical (unpaired) electrons. The van der Waals surface area contributed by atoms with Gasteiger partial charge in [-0.3, -0.25) is 15.0 Å². The third kappa shape index (κ3) is 4.20. The van der Waals surface area contributed by atoms with Crippen molar-refractivity contribution in [1.29, 1.82) is 0 Å². The number of benzene rings is 1. The van der Waals surface area contributed by atoms with Gasteiger partial charge in [-0.15, -0.1) is 11.3 Å². The highest BCUT2D eigenvalue weighted by Crippen LogP contribution is 2.25. The molecule has 0 aliphatic carbocycles. The van der Waals surface area contributed by atoms with Crippen LogP contribution in [-0.2, 0) is 13.0 Å². The van der Waals surface area contributed by atoms with Crippen molar-refractivity contribution in [3.8, 4) is 0 Å². The van der Waals surface area contributed by atoms with Crippen molar-refractivity contribution in [2.75, 3.05) is 18.4 Å². The molecule has 0 saturated carbocycles. The number of carbonyl (C=O) groups excluding carboxylic acids is 1. The zero-order valence-corrected chi connectivity index (χ0v) is 15.6. The first kappa shape index (κ1) is 18.3. The maximum absolute atomic E-state index is 12.1. The molecule has 0 saturated heterocycles. The number of nitro groups is 1. The van der Waals surface area contributed by atoms with E-state index in [1.807, 2.05) is 11.3 Å². The zero-order chi connectivity index (χ0) is 18.7. The molecule has 1 aliphatic rings. The molecule has 2 N–H and O–H groups in total. The van der Waals surface area contributed by atoms with Crippen LogP contribution in [0.25, 0.3) is 0 Å². The third-order valence-corrected chi connectivity index (χ3v) is 5.69. The Morgan fingerprint density at radius 3 is 2.96 bits per heavy atom. The topological polar surface area (TPSA) is 87.5 Å². The SMILES string of the molecule is Cc1cc(NC(=O)NCC(C)N2CCc3sccc3C2)ccc1[N+](=O)[O-]. The molecule has 1 aliphatic heterocycles. The van der Waals surface area contributed by atoms with Crippen LogP contribution in [0.5, 0.6) is 0 Å². The molecule has 1 unspecified atom stereocenters. The Labute approximate surface area is 156 Å². The first-order valence-corrected chi connectivity index (χ1v) is 9.41. The lowest BCUT2D eigenvalue weighted by Crippen LogP contribution is -2.45. The maximum Gasteiger partial charge on any atom is 0.319 e. The van der Waals surface area contributed by atoms with Gasteiger partial charge in [0.25, 0.3) is 5.69 Å². The van der Waals surface area contributed by atoms with Crippen molar-refractivity contribution >= 4 is 28.7 Å². The molecule has 1 aromatic heterocycles. The summed E-state index contributed by atoms with van der Waals surface area (Å²) in [6.45, 7) is 6.22. The van der Waals surface area contributed by atoms with Gasteiger partial charge in [-0.1, -0.05) is 0 Å². The first-order chi connectivity index (χ1) is 12.4. The van der Waals surface area contributed by atoms with Crippen LogP contribution in [0.2, 0.25) is 0 Å². The lowest BCUT2D eigenvalue weighted by atomic mass is 10.1. The number of carbonyl (C=O) groups is 1. The van der Waals surface area contributed by atoms with Crippen molar-refractivity contribution in [3.63, 3.8) is 0 Å². The molecule has 0 spiro atoms. The molecular formula is C18H22N4O3S. The molecule has 3 rings (SSSR count). The Hall–Kier alpha value is -2.45. The molecule has 1 aromatic carbocycles. The monoisotopic (exact) mass is 374 g/mol. The number of amides is 2. The van der Waals surface area contributed by atoms with E-state index in [0.29, 0.717) is 17.8 Å². The minimum absolute atomic E-state index is 0.0440. The largest absolute Gasteiger partial charge is 0.336 e. The molecule has 1 atom stereocenters. The Bertz CT molecular complexity index is 821. The van der Waals surface area contributed by atoms with E-state index in [1.165, 1.54) is 22.6 Å². The van der Waals surface area contributed by atoms with E-state index in [2.05, 4.69) is 33.9 Å². The number of rotatable bonds is 5. The zero-order valence-electron chi connectivity index (χ0n) is 14.8. The number of nitrogens with one attached hydrogen (secondary N) is 2. The van der Waals surface area contributed by atoms with Crippen LogP contribution in [-0.4, -0.2) is 35.0 Å². The molecular weight excluding hydrogens is 352 g/mol. The molecule has 8 heteroatoms. The number of urea groups is 1. The Morgan fingerprint density at radius 1 is 1.42 bits per heavy atom. The van der Waals surface area contributed by atoms with Gasteiger partial charge < -0.3 is 10.6 Å². The molecule has 2 amide bonds. The van der Waals surface area contributed by atoms with E-state index in [9.17, 15) is 14.9 Å². The molecule has 7 nitrogen and oxygen atoms in total. The van der Waals surface area contributed by atoms with Crippen LogP contribution in [0.1, 0.15) is 22.9 Å². The summed E-state index contributed by atoms with van der Waals surface area (Å²) in [4.78, 5) is 26.4. The van der Waals surface area contributed by atoms with Crippen LogP contribution in [0.15, 0.2) is 29.6 Å². The number of nitrogens with zero attached hydrogens (tertiary/aromatic N) is 2. The fourth-order valence-corrected chi connectivity index (χ4v) is 4.02. The average Bonchev–Trinajstić information content (AvgIpc) is 3.07. The fourth-order valence-electron chi connectivity index (χ4n) is 3.13. The average molecular weight is 374 g/mol. The second-order valence-corrected chi connectivity index (χ2v) is 7.53. The summed E-state index contributed by atoms with van der Waals surface area (Å²) in [5.74, 6) is 0. The van der Waals surface area contributed by atoms with Crippen molar-refractivity contribution in [3.05, 3.63) is 55.8 Å². The van der Waals surface area contributed by atoms with Crippen molar-refractivity contribution in [1.82, 2.24) is 10.2 Å². The summed E-state index contributed by atoms with van der Waals surface area (Å²) in [6.07, 6.45) is 1.06. The van der Waals surface area contributed by atoms with Crippen LogP contribution >= 0.6 is 11.3 Å². The molecule has 2 heterocycles. The van der Waals surface area contributed by atoms with E-state index in [-0.39, 0.29) is 17.8 Å². The molecule has 0 bridgehead atoms. The summed E-state index contributed by atoms with van der Waals surface area (Å²) < 4.78 is 0. The number of thiophene rings is 1. The summed E-state index contributed by atoms with van der Waals surface area (Å²) in [6, 6.07) is 6.64. The number of aryl methyl sites for hydroxylation is 1. The Kier molecular flexibility index (Phi) is 5.53. The Balaban J connectivity index is 1.50. The minimum Gasteiger partial charge on any atom is -0.336 e. The normalized spacial score (nSPS) is 15.2. The maximum atomic E-state index is 12.1. The van der Waals surface area contributed by atoms with Crippen molar-refractivity contribution in [2.24, 2.45) is 0 Å². The van der Waals surface area contributed by atoms with Gasteiger partial charge in [0.05, 0.1) is 4.92 Å². The summed E-state index contributed by atoms with van der Waals surface area (Å²) in [5.41, 5.74) is 2.49. The van der Waals surface area contributed by atoms with Crippen LogP contribution in [0, 0.1) is 17.0 Å². The summed E-state index contributed by atoms with van der Waals surface area (Å²) in [5, 5.41) is 18.6. The van der Waals surface area contributed by atoms with Gasteiger partial charge in [0.1, 0.15) is 0 Å². The quantitative estimate of drug-likeness (QED) is 0.619. The van der Waals surface area contributed by atoms with E-state index in [1.54, 1.807) is 13.0 Å². The second-order valence-electron chi connectivity index (χ2n) is 6.53. The van der Waals surface area contributed by atoms with E-state index >= 15 is 0 Å². The molecule has 0 fully saturated rings. The van der Waals surface area contributed by atoms with Gasteiger partial charge in [-0.2, -0.15) is 0 Å². The van der Waals surface area contributed by atoms with Crippen LogP contribution in [0.4, 0.5) is 16.2 Å². The van der Waals surface area contributed by atoms with Gasteiger partial charge in [0, 0.05) is 47.9 Å². The van der Waals surface area contributed by atoms with E-state index < -0.39 is 4.92 Å². The lowest BCUT2D eigenvalue weighted by molar-refractivity contribution is -0.385. The Morgan fingerprint density at radius 2 is 2.23 bits per heavy atom. The molecule has 138 valence electrons. The summed E-state index contributed by atoms with van der Waals surface area (Å²) >= 11 is 1.81. The van der Waals surface area contributed by atoms with Gasteiger partial charge in [-0.05, 0) is 49.4 Å². The standard InChI is InChI=1S/C18H22N4O3S/c1-12-9-15(3-4-16(12)22(24)25)20-18(23)19-10-13(2)21-7-5-17-14(11-21)6-8-26-17/h3-4,6,8-9,13H,5,7,10-11H2,1-2H3,(H2,19,20,23). The van der Waals surface area contributed by atoms with E-state index in [4.69, 9.17) is 0 Å². The van der Waals surface area contributed by atoms with Gasteiger partial charge in [0.2, 0.25) is 0 Å². The number of nitro benzene ring substituents is 1. The van der Waals surface area contributed by atoms with Gasteiger partial charge >= 0.3 is 6.03 Å². The number of hydrogen-bond donors (Lipinski definition) is 2. The summed E-state index contributed by atoms with van der Waals surface area (Å²) in [7, 11) is 0. The number of fused-ring (bicyclic) bond motifs is 1. The van der Waals surface area contributed by atoms with Gasteiger partial charge in [-0.25, -0.2) is 4.79 Å². The van der Waals surface area contributed by atoms with Crippen molar-refractivity contribution in [2.45, 2.75) is 32.9 Å². The molecule has 26 heavy (non-hydrogen) atoms. The van der Waals surface area contributed by atoms with Crippen LogP contribution in [0.3, 0.4) is 0 Å². The highest BCUT2D eigenvalue weighted by Gasteiger charge is 2.21. The second kappa shape index (κ2) is 7.84. The van der Waals surface area contributed by atoms with Crippen LogP contribution < -0.4 is 10.6 Å². The van der Waals surface area contributed by atoms with Gasteiger partial charge in [0.15, 0.2) is 0 Å². The molecule has 2 aromatic rings. The third-order valence-electron chi connectivity index (χ3n) is 4.67. The van der Waals surface area contributed by atoms with E-state index in [0.717, 1.165) is 19.5 Å².